The van der Waals surface area contributed by atoms with E-state index in [1.807, 2.05) is 19.1 Å². The number of aryl methyl sites for hydroxylation is 1. The van der Waals surface area contributed by atoms with Gasteiger partial charge in [0.15, 0.2) is 0 Å². The van der Waals surface area contributed by atoms with Crippen LogP contribution in [0.1, 0.15) is 44.4 Å². The van der Waals surface area contributed by atoms with E-state index in [-0.39, 0.29) is 0 Å². The molecule has 0 bridgehead atoms. The molecule has 1 fully saturated rings. The fourth-order valence-corrected chi connectivity index (χ4v) is 2.09. The Kier molecular flexibility index (Phi) is 3.86. The van der Waals surface area contributed by atoms with Crippen LogP contribution in [0.2, 0.25) is 0 Å². The van der Waals surface area contributed by atoms with Crippen molar-refractivity contribution in [3.63, 3.8) is 0 Å². The third-order valence-electron chi connectivity index (χ3n) is 3.34. The number of anilines is 1. The van der Waals surface area contributed by atoms with E-state index in [9.17, 15) is 5.26 Å². The lowest BCUT2D eigenvalue weighted by Gasteiger charge is -2.25. The van der Waals surface area contributed by atoms with Gasteiger partial charge >= 0.3 is 0 Å². The van der Waals surface area contributed by atoms with Crippen LogP contribution in [0.15, 0.2) is 12.1 Å². The zero-order chi connectivity index (χ0) is 13.1. The number of hydrogen-bond donors (Lipinski definition) is 0. The van der Waals surface area contributed by atoms with Crippen molar-refractivity contribution in [2.45, 2.75) is 46.1 Å². The van der Waals surface area contributed by atoms with E-state index in [2.05, 4.69) is 29.8 Å². The SMILES string of the molecule is Cc1ccc(C#N)c(N(CCC(C)C)C2CC2)n1. The maximum absolute atomic E-state index is 9.22. The van der Waals surface area contributed by atoms with Crippen LogP contribution in [0.5, 0.6) is 0 Å². The van der Waals surface area contributed by atoms with Crippen LogP contribution < -0.4 is 4.90 Å². The van der Waals surface area contributed by atoms with Gasteiger partial charge in [0, 0.05) is 18.3 Å². The average Bonchev–Trinajstić information content (AvgIpc) is 3.14. The fourth-order valence-electron chi connectivity index (χ4n) is 2.09. The van der Waals surface area contributed by atoms with Gasteiger partial charge in [0.05, 0.1) is 5.56 Å². The predicted octanol–water partition coefficient (Wildman–Crippen LogP) is 3.28. The van der Waals surface area contributed by atoms with Crippen LogP contribution in [0.4, 0.5) is 5.82 Å². The summed E-state index contributed by atoms with van der Waals surface area (Å²) in [6.45, 7) is 7.46. The lowest BCUT2D eigenvalue weighted by molar-refractivity contribution is 0.568. The monoisotopic (exact) mass is 243 g/mol. The highest BCUT2D eigenvalue weighted by Crippen LogP contribution is 2.32. The third-order valence-corrected chi connectivity index (χ3v) is 3.34. The second-order valence-electron chi connectivity index (χ2n) is 5.54. The van der Waals surface area contributed by atoms with Gasteiger partial charge in [0.25, 0.3) is 0 Å². The molecule has 1 aliphatic carbocycles. The first-order valence-electron chi connectivity index (χ1n) is 6.76. The molecule has 96 valence electrons. The first-order valence-corrected chi connectivity index (χ1v) is 6.76. The topological polar surface area (TPSA) is 39.9 Å². The van der Waals surface area contributed by atoms with Crippen molar-refractivity contribution in [2.24, 2.45) is 5.92 Å². The highest BCUT2D eigenvalue weighted by atomic mass is 15.2. The summed E-state index contributed by atoms with van der Waals surface area (Å²) < 4.78 is 0. The van der Waals surface area contributed by atoms with Gasteiger partial charge in [0.2, 0.25) is 0 Å². The second-order valence-corrected chi connectivity index (χ2v) is 5.54. The molecule has 2 rings (SSSR count). The van der Waals surface area contributed by atoms with Crippen molar-refractivity contribution in [2.75, 3.05) is 11.4 Å². The zero-order valence-electron chi connectivity index (χ0n) is 11.5. The molecule has 0 N–H and O–H groups in total. The third kappa shape index (κ3) is 3.01. The molecule has 3 heteroatoms. The predicted molar refractivity (Wildman–Crippen MR) is 73.5 cm³/mol. The van der Waals surface area contributed by atoms with Gasteiger partial charge in [-0.1, -0.05) is 13.8 Å². The highest BCUT2D eigenvalue weighted by Gasteiger charge is 2.31. The number of aromatic nitrogens is 1. The Morgan fingerprint density at radius 1 is 1.44 bits per heavy atom. The quantitative estimate of drug-likeness (QED) is 0.796. The van der Waals surface area contributed by atoms with Gasteiger partial charge in [-0.25, -0.2) is 4.98 Å². The first-order chi connectivity index (χ1) is 8.61. The zero-order valence-corrected chi connectivity index (χ0v) is 11.5. The van der Waals surface area contributed by atoms with Crippen LogP contribution in [0.3, 0.4) is 0 Å². The van der Waals surface area contributed by atoms with E-state index < -0.39 is 0 Å². The summed E-state index contributed by atoms with van der Waals surface area (Å²) in [5, 5.41) is 9.22. The van der Waals surface area contributed by atoms with E-state index in [0.29, 0.717) is 17.5 Å². The van der Waals surface area contributed by atoms with Gasteiger partial charge < -0.3 is 4.90 Å². The molecule has 0 aromatic carbocycles. The number of pyridine rings is 1. The average molecular weight is 243 g/mol. The maximum atomic E-state index is 9.22. The van der Waals surface area contributed by atoms with Crippen molar-refractivity contribution in [3.8, 4) is 6.07 Å². The van der Waals surface area contributed by atoms with Gasteiger partial charge in [0.1, 0.15) is 11.9 Å². The molecule has 1 aromatic rings. The Bertz CT molecular complexity index is 455. The van der Waals surface area contributed by atoms with Crippen LogP contribution in [-0.2, 0) is 0 Å². The Hall–Kier alpha value is -1.56. The van der Waals surface area contributed by atoms with Gasteiger partial charge in [-0.05, 0) is 44.2 Å². The maximum Gasteiger partial charge on any atom is 0.147 e. The minimum Gasteiger partial charge on any atom is -0.353 e. The van der Waals surface area contributed by atoms with Gasteiger partial charge in [-0.3, -0.25) is 0 Å². The fraction of sp³-hybridized carbons (Fsp3) is 0.600. The van der Waals surface area contributed by atoms with Crippen LogP contribution in [0, 0.1) is 24.2 Å². The molecule has 0 saturated heterocycles. The van der Waals surface area contributed by atoms with E-state index in [1.165, 1.54) is 12.8 Å². The molecule has 3 nitrogen and oxygen atoms in total. The summed E-state index contributed by atoms with van der Waals surface area (Å²) in [6.07, 6.45) is 3.62. The molecule has 18 heavy (non-hydrogen) atoms. The van der Waals surface area contributed by atoms with Gasteiger partial charge in [-0.15, -0.1) is 0 Å². The lowest BCUT2D eigenvalue weighted by atomic mass is 10.1. The van der Waals surface area contributed by atoms with Crippen LogP contribution in [0.25, 0.3) is 0 Å². The highest BCUT2D eigenvalue weighted by molar-refractivity contribution is 5.55. The summed E-state index contributed by atoms with van der Waals surface area (Å²) in [5.74, 6) is 1.57. The van der Waals surface area contributed by atoms with E-state index in [4.69, 9.17) is 0 Å². The Labute approximate surface area is 109 Å². The van der Waals surface area contributed by atoms with Crippen LogP contribution in [-0.4, -0.2) is 17.6 Å². The summed E-state index contributed by atoms with van der Waals surface area (Å²) in [7, 11) is 0. The van der Waals surface area contributed by atoms with Crippen molar-refractivity contribution in [1.29, 1.82) is 5.26 Å². The smallest absolute Gasteiger partial charge is 0.147 e. The van der Waals surface area contributed by atoms with E-state index in [1.54, 1.807) is 0 Å². The number of hydrogen-bond acceptors (Lipinski definition) is 3. The first kappa shape index (κ1) is 12.9. The number of nitriles is 1. The Balaban J connectivity index is 2.24. The van der Waals surface area contributed by atoms with Crippen LogP contribution >= 0.6 is 0 Å². The molecule has 0 atom stereocenters. The largest absolute Gasteiger partial charge is 0.353 e. The summed E-state index contributed by atoms with van der Waals surface area (Å²) in [4.78, 5) is 6.93. The molecule has 1 heterocycles. The molecular formula is C15H21N3. The summed E-state index contributed by atoms with van der Waals surface area (Å²) in [6, 6.07) is 6.67. The Morgan fingerprint density at radius 3 is 2.72 bits per heavy atom. The molecule has 0 radical (unpaired) electrons. The van der Waals surface area contributed by atoms with E-state index in [0.717, 1.165) is 24.5 Å². The van der Waals surface area contributed by atoms with Crippen molar-refractivity contribution >= 4 is 5.82 Å². The Morgan fingerprint density at radius 2 is 2.17 bits per heavy atom. The van der Waals surface area contributed by atoms with E-state index >= 15 is 0 Å². The molecule has 0 amide bonds. The van der Waals surface area contributed by atoms with Crippen molar-refractivity contribution < 1.29 is 0 Å². The standard InChI is InChI=1S/C15H21N3/c1-11(2)8-9-18(14-6-7-14)15-13(10-16)5-4-12(3)17-15/h4-5,11,14H,6-9H2,1-3H3. The minimum absolute atomic E-state index is 0.602. The molecular weight excluding hydrogens is 222 g/mol. The normalized spacial score (nSPS) is 14.6. The molecule has 0 aliphatic heterocycles. The second kappa shape index (κ2) is 5.39. The molecule has 1 aliphatic rings. The van der Waals surface area contributed by atoms with Crippen molar-refractivity contribution in [3.05, 3.63) is 23.4 Å². The minimum atomic E-state index is 0.602. The lowest BCUT2D eigenvalue weighted by Crippen LogP contribution is -2.29. The number of rotatable bonds is 5. The summed E-state index contributed by atoms with van der Waals surface area (Å²) >= 11 is 0. The number of nitrogens with zero attached hydrogens (tertiary/aromatic N) is 3. The van der Waals surface area contributed by atoms with Gasteiger partial charge in [-0.2, -0.15) is 5.26 Å². The molecule has 0 spiro atoms. The molecule has 1 saturated carbocycles. The molecule has 0 unspecified atom stereocenters. The van der Waals surface area contributed by atoms with Crippen molar-refractivity contribution in [1.82, 2.24) is 4.98 Å². The summed E-state index contributed by atoms with van der Waals surface area (Å²) in [5.41, 5.74) is 1.69. The molecule has 1 aromatic heterocycles.